The third-order valence-corrected chi connectivity index (χ3v) is 9.28. The Kier molecular flexibility index (Phi) is 11.0. The lowest BCUT2D eigenvalue weighted by Crippen LogP contribution is -2.52. The molecule has 2 unspecified atom stereocenters. The lowest BCUT2D eigenvalue weighted by atomic mass is 10.1. The second kappa shape index (κ2) is 14.0. The molecular weight excluding hydrogens is 569 g/mol. The van der Waals surface area contributed by atoms with Crippen molar-refractivity contribution in [3.8, 4) is 0 Å². The molecule has 3 aromatic carbocycles. The van der Waals surface area contributed by atoms with E-state index in [0.717, 1.165) is 22.7 Å². The summed E-state index contributed by atoms with van der Waals surface area (Å²) in [6.07, 6.45) is 1.50. The zero-order valence-electron chi connectivity index (χ0n) is 23.1. The van der Waals surface area contributed by atoms with Crippen LogP contribution in [0.5, 0.6) is 0 Å². The number of sulfonamides is 1. The molecule has 1 N–H and O–H groups in total. The van der Waals surface area contributed by atoms with Gasteiger partial charge < -0.3 is 10.2 Å². The maximum Gasteiger partial charge on any atom is 0.264 e. The Labute approximate surface area is 247 Å². The van der Waals surface area contributed by atoms with E-state index in [4.69, 9.17) is 23.2 Å². The van der Waals surface area contributed by atoms with Gasteiger partial charge in [0.25, 0.3) is 10.0 Å². The summed E-state index contributed by atoms with van der Waals surface area (Å²) < 4.78 is 28.7. The summed E-state index contributed by atoms with van der Waals surface area (Å²) in [5, 5.41) is 3.59. The predicted octanol–water partition coefficient (Wildman–Crippen LogP) is 6.08. The van der Waals surface area contributed by atoms with Crippen LogP contribution in [0.1, 0.15) is 45.2 Å². The van der Waals surface area contributed by atoms with E-state index in [1.165, 1.54) is 17.0 Å². The molecule has 7 nitrogen and oxygen atoms in total. The summed E-state index contributed by atoms with van der Waals surface area (Å²) in [4.78, 5) is 28.5. The number of carbonyl (C=O) groups excluding carboxylic acids is 2. The number of hydrogen-bond donors (Lipinski definition) is 1. The zero-order valence-corrected chi connectivity index (χ0v) is 25.4. The Balaban J connectivity index is 2.03. The number of nitrogens with one attached hydrogen (secondary N) is 1. The van der Waals surface area contributed by atoms with Crippen molar-refractivity contribution in [1.29, 1.82) is 0 Å². The number of aryl methyl sites for hydroxylation is 1. The number of amides is 2. The molecule has 3 aromatic rings. The first-order valence-corrected chi connectivity index (χ1v) is 15.4. The number of halogens is 2. The molecule has 0 bridgehead atoms. The maximum absolute atomic E-state index is 14.0. The van der Waals surface area contributed by atoms with Gasteiger partial charge in [-0.05, 0) is 74.2 Å². The Morgan fingerprint density at radius 1 is 0.875 bits per heavy atom. The fourth-order valence-electron chi connectivity index (χ4n) is 4.03. The van der Waals surface area contributed by atoms with Crippen molar-refractivity contribution in [2.45, 2.75) is 64.1 Å². The third kappa shape index (κ3) is 7.77. The number of carbonyl (C=O) groups is 2. The molecule has 0 saturated carbocycles. The zero-order chi connectivity index (χ0) is 29.4. The van der Waals surface area contributed by atoms with Crippen molar-refractivity contribution in [1.82, 2.24) is 10.2 Å². The normalized spacial score (nSPS) is 12.8. The van der Waals surface area contributed by atoms with Gasteiger partial charge in [-0.25, -0.2) is 8.42 Å². The highest BCUT2D eigenvalue weighted by Crippen LogP contribution is 2.26. The summed E-state index contributed by atoms with van der Waals surface area (Å²) in [6.45, 7) is 6.97. The first-order valence-electron chi connectivity index (χ1n) is 13.2. The summed E-state index contributed by atoms with van der Waals surface area (Å²) in [7, 11) is -4.11. The number of anilines is 1. The first kappa shape index (κ1) is 31.5. The lowest BCUT2D eigenvalue weighted by Gasteiger charge is -2.32. The van der Waals surface area contributed by atoms with E-state index in [-0.39, 0.29) is 23.4 Å². The fraction of sp³-hybridized carbons (Fsp3) is 0.333. The Bertz CT molecular complexity index is 1420. The van der Waals surface area contributed by atoms with Crippen LogP contribution in [0.3, 0.4) is 0 Å². The van der Waals surface area contributed by atoms with E-state index < -0.39 is 28.5 Å². The molecule has 2 atom stereocenters. The molecule has 2 amide bonds. The SMILES string of the molecule is CCc1ccc(N(CC(=O)N(Cc2ccc(Cl)c(Cl)c2)C(C)C(=O)NC(C)CC)S(=O)(=O)c2ccccc2)cc1. The first-order chi connectivity index (χ1) is 19.0. The number of benzene rings is 3. The number of rotatable bonds is 12. The van der Waals surface area contributed by atoms with Crippen LogP contribution >= 0.6 is 23.2 Å². The monoisotopic (exact) mass is 603 g/mol. The molecule has 0 fully saturated rings. The minimum Gasteiger partial charge on any atom is -0.352 e. The standard InChI is InChI=1S/C30H35Cl2N3O4S/c1-5-21(3)33-30(37)22(4)34(19-24-14-17-27(31)28(32)18-24)29(36)20-35(25-15-12-23(6-2)13-16-25)40(38,39)26-10-8-7-9-11-26/h7-18,21-22H,5-6,19-20H2,1-4H3,(H,33,37). The van der Waals surface area contributed by atoms with Gasteiger partial charge in [0.2, 0.25) is 11.8 Å². The molecule has 10 heteroatoms. The number of hydrogen-bond acceptors (Lipinski definition) is 4. The Morgan fingerprint density at radius 3 is 2.08 bits per heavy atom. The van der Waals surface area contributed by atoms with Gasteiger partial charge in [-0.2, -0.15) is 0 Å². The van der Waals surface area contributed by atoms with Crippen molar-refractivity contribution in [3.05, 3.63) is 94.0 Å². The maximum atomic E-state index is 14.0. The average Bonchev–Trinajstić information content (AvgIpc) is 2.96. The van der Waals surface area contributed by atoms with Crippen LogP contribution in [0, 0.1) is 0 Å². The highest BCUT2D eigenvalue weighted by Gasteiger charge is 2.32. The van der Waals surface area contributed by atoms with Crippen LogP contribution in [0.2, 0.25) is 10.0 Å². The fourth-order valence-corrected chi connectivity index (χ4v) is 5.79. The Morgan fingerprint density at radius 2 is 1.50 bits per heavy atom. The molecular formula is C30H35Cl2N3O4S. The molecule has 3 rings (SSSR count). The summed E-state index contributed by atoms with van der Waals surface area (Å²) in [6, 6.07) is 19.0. The van der Waals surface area contributed by atoms with Gasteiger partial charge in [0.15, 0.2) is 0 Å². The van der Waals surface area contributed by atoms with Crippen molar-refractivity contribution in [3.63, 3.8) is 0 Å². The Hall–Kier alpha value is -3.07. The smallest absolute Gasteiger partial charge is 0.264 e. The van der Waals surface area contributed by atoms with Gasteiger partial charge >= 0.3 is 0 Å². The predicted molar refractivity (Wildman–Crippen MR) is 161 cm³/mol. The molecule has 214 valence electrons. The van der Waals surface area contributed by atoms with Crippen LogP contribution in [-0.2, 0) is 32.6 Å². The van der Waals surface area contributed by atoms with Gasteiger partial charge in [-0.3, -0.25) is 13.9 Å². The molecule has 0 heterocycles. The van der Waals surface area contributed by atoms with E-state index >= 15 is 0 Å². The van der Waals surface area contributed by atoms with Crippen molar-refractivity contribution in [2.75, 3.05) is 10.8 Å². The van der Waals surface area contributed by atoms with Gasteiger partial charge in [0, 0.05) is 12.6 Å². The summed E-state index contributed by atoms with van der Waals surface area (Å²) in [5.41, 5.74) is 2.03. The van der Waals surface area contributed by atoms with Crippen molar-refractivity contribution >= 4 is 50.7 Å². The van der Waals surface area contributed by atoms with Crippen LogP contribution < -0.4 is 9.62 Å². The molecule has 0 aromatic heterocycles. The topological polar surface area (TPSA) is 86.8 Å². The molecule has 0 aliphatic rings. The molecule has 40 heavy (non-hydrogen) atoms. The van der Waals surface area contributed by atoms with E-state index in [0.29, 0.717) is 21.3 Å². The second-order valence-corrected chi connectivity index (χ2v) is 12.3. The third-order valence-electron chi connectivity index (χ3n) is 6.75. The van der Waals surface area contributed by atoms with Gasteiger partial charge in [-0.15, -0.1) is 0 Å². The van der Waals surface area contributed by atoms with Gasteiger partial charge in [0.1, 0.15) is 12.6 Å². The largest absolute Gasteiger partial charge is 0.352 e. The van der Waals surface area contributed by atoms with Crippen LogP contribution in [0.15, 0.2) is 77.7 Å². The molecule has 0 saturated heterocycles. The minimum absolute atomic E-state index is 0.0266. The van der Waals surface area contributed by atoms with E-state index in [1.54, 1.807) is 55.5 Å². The lowest BCUT2D eigenvalue weighted by molar-refractivity contribution is -0.139. The van der Waals surface area contributed by atoms with Crippen molar-refractivity contribution in [2.24, 2.45) is 0 Å². The average molecular weight is 605 g/mol. The summed E-state index contributed by atoms with van der Waals surface area (Å²) in [5.74, 6) is -0.885. The molecule has 0 aliphatic heterocycles. The minimum atomic E-state index is -4.11. The molecule has 0 spiro atoms. The van der Waals surface area contributed by atoms with Crippen LogP contribution in [-0.4, -0.2) is 43.8 Å². The summed E-state index contributed by atoms with van der Waals surface area (Å²) >= 11 is 12.3. The quantitative estimate of drug-likeness (QED) is 0.272. The number of nitrogens with zero attached hydrogens (tertiary/aromatic N) is 2. The van der Waals surface area contributed by atoms with Crippen LogP contribution in [0.25, 0.3) is 0 Å². The van der Waals surface area contributed by atoms with Crippen LogP contribution in [0.4, 0.5) is 5.69 Å². The highest BCUT2D eigenvalue weighted by atomic mass is 35.5. The highest BCUT2D eigenvalue weighted by molar-refractivity contribution is 7.92. The van der Waals surface area contributed by atoms with E-state index in [1.807, 2.05) is 32.9 Å². The van der Waals surface area contributed by atoms with E-state index in [2.05, 4.69) is 5.32 Å². The van der Waals surface area contributed by atoms with Gasteiger partial charge in [-0.1, -0.05) is 73.4 Å². The van der Waals surface area contributed by atoms with Gasteiger partial charge in [0.05, 0.1) is 20.6 Å². The van der Waals surface area contributed by atoms with E-state index in [9.17, 15) is 18.0 Å². The molecule has 0 aliphatic carbocycles. The van der Waals surface area contributed by atoms with Crippen molar-refractivity contribution < 1.29 is 18.0 Å². The second-order valence-electron chi connectivity index (χ2n) is 9.61. The molecule has 0 radical (unpaired) electrons.